The molecule has 1 rings (SSSR count). The molecule has 0 aliphatic carbocycles. The Morgan fingerprint density at radius 3 is 1.68 bits per heavy atom. The van der Waals surface area contributed by atoms with E-state index in [0.29, 0.717) is 6.61 Å². The minimum absolute atomic E-state index is 0.268. The Labute approximate surface area is 201 Å². The van der Waals surface area contributed by atoms with Crippen molar-refractivity contribution < 1.29 is 47.6 Å². The Kier molecular flexibility index (Phi) is 14.4. The first-order chi connectivity index (χ1) is 16.1. The Hall–Kier alpha value is -2.20. The van der Waals surface area contributed by atoms with Crippen LogP contribution in [-0.2, 0) is 47.6 Å². The van der Waals surface area contributed by atoms with Crippen molar-refractivity contribution in [2.75, 3.05) is 13.2 Å². The zero-order chi connectivity index (χ0) is 25.5. The summed E-state index contributed by atoms with van der Waals surface area (Å²) in [4.78, 5) is 46.7. The van der Waals surface area contributed by atoms with E-state index in [2.05, 4.69) is 6.92 Å². The van der Waals surface area contributed by atoms with Crippen LogP contribution >= 0.6 is 0 Å². The van der Waals surface area contributed by atoms with E-state index in [1.807, 2.05) is 0 Å². The van der Waals surface area contributed by atoms with Crippen molar-refractivity contribution in [3.63, 3.8) is 0 Å². The summed E-state index contributed by atoms with van der Waals surface area (Å²) in [6, 6.07) is 0. The lowest BCUT2D eigenvalue weighted by atomic mass is 9.98. The Morgan fingerprint density at radius 1 is 0.647 bits per heavy atom. The molecule has 1 aliphatic heterocycles. The number of hydrogen-bond donors (Lipinski definition) is 0. The van der Waals surface area contributed by atoms with E-state index in [1.165, 1.54) is 59.8 Å². The van der Waals surface area contributed by atoms with Gasteiger partial charge in [-0.15, -0.1) is 0 Å². The molecule has 0 unspecified atom stereocenters. The minimum Gasteiger partial charge on any atom is -0.463 e. The maximum Gasteiger partial charge on any atom is 0.303 e. The zero-order valence-corrected chi connectivity index (χ0v) is 21.0. The van der Waals surface area contributed by atoms with E-state index in [9.17, 15) is 19.2 Å². The van der Waals surface area contributed by atoms with Crippen LogP contribution in [0.15, 0.2) is 0 Å². The smallest absolute Gasteiger partial charge is 0.303 e. The molecule has 0 aromatic heterocycles. The van der Waals surface area contributed by atoms with Crippen LogP contribution in [0, 0.1) is 0 Å². The fourth-order valence-corrected chi connectivity index (χ4v) is 3.76. The van der Waals surface area contributed by atoms with Gasteiger partial charge in [-0.3, -0.25) is 19.2 Å². The van der Waals surface area contributed by atoms with Crippen molar-refractivity contribution in [1.29, 1.82) is 0 Å². The molecule has 196 valence electrons. The molecule has 1 saturated heterocycles. The lowest BCUT2D eigenvalue weighted by molar-refractivity contribution is -0.308. The van der Waals surface area contributed by atoms with E-state index in [-0.39, 0.29) is 6.61 Å². The minimum atomic E-state index is -1.21. The molecule has 5 atom stereocenters. The Balaban J connectivity index is 2.89. The molecule has 0 spiro atoms. The number of unbranched alkanes of at least 4 members (excludes halogenated alkanes) is 7. The van der Waals surface area contributed by atoms with Gasteiger partial charge in [-0.05, 0) is 6.42 Å². The molecule has 10 nitrogen and oxygen atoms in total. The Bertz CT molecular complexity index is 650. The molecule has 10 heteroatoms. The van der Waals surface area contributed by atoms with Gasteiger partial charge in [-0.2, -0.15) is 0 Å². The number of carbonyl (C=O) groups is 4. The predicted molar refractivity (Wildman–Crippen MR) is 121 cm³/mol. The molecule has 1 aliphatic rings. The third-order valence-corrected chi connectivity index (χ3v) is 5.23. The normalized spacial score (nSPS) is 24.2. The molecular weight excluding hydrogens is 448 g/mol. The SMILES string of the molecule is CCCCCCCCCCO[C@H]1O[C@H](COC(C)=O)[C@@H](OC(C)=O)[C@H](OC(C)=O)[C@@H]1OC(C)=O. The van der Waals surface area contributed by atoms with Gasteiger partial charge in [0.05, 0.1) is 0 Å². The first kappa shape index (κ1) is 29.8. The molecule has 1 heterocycles. The van der Waals surface area contributed by atoms with Gasteiger partial charge in [0.25, 0.3) is 0 Å². The van der Waals surface area contributed by atoms with Gasteiger partial charge in [0, 0.05) is 34.3 Å². The average Bonchev–Trinajstić information content (AvgIpc) is 2.74. The van der Waals surface area contributed by atoms with Gasteiger partial charge in [-0.25, -0.2) is 0 Å². The van der Waals surface area contributed by atoms with Crippen molar-refractivity contribution >= 4 is 23.9 Å². The van der Waals surface area contributed by atoms with Crippen molar-refractivity contribution in [2.45, 2.75) is 117 Å². The van der Waals surface area contributed by atoms with Crippen molar-refractivity contribution in [3.05, 3.63) is 0 Å². The fraction of sp³-hybridized carbons (Fsp3) is 0.833. The molecule has 0 bridgehead atoms. The average molecular weight is 489 g/mol. The highest BCUT2D eigenvalue weighted by molar-refractivity contribution is 5.68. The molecule has 0 N–H and O–H groups in total. The molecule has 0 aromatic rings. The second-order valence-corrected chi connectivity index (χ2v) is 8.41. The van der Waals surface area contributed by atoms with Crippen LogP contribution in [0.25, 0.3) is 0 Å². The van der Waals surface area contributed by atoms with Crippen molar-refractivity contribution in [2.24, 2.45) is 0 Å². The van der Waals surface area contributed by atoms with Gasteiger partial charge in [0.1, 0.15) is 12.7 Å². The first-order valence-corrected chi connectivity index (χ1v) is 12.1. The van der Waals surface area contributed by atoms with Crippen LogP contribution in [0.5, 0.6) is 0 Å². The van der Waals surface area contributed by atoms with Crippen LogP contribution in [-0.4, -0.2) is 67.8 Å². The van der Waals surface area contributed by atoms with Crippen LogP contribution in [0.3, 0.4) is 0 Å². The molecule has 0 aromatic carbocycles. The van der Waals surface area contributed by atoms with Crippen molar-refractivity contribution in [3.8, 4) is 0 Å². The summed E-state index contributed by atoms with van der Waals surface area (Å²) >= 11 is 0. The van der Waals surface area contributed by atoms with E-state index in [0.717, 1.165) is 19.3 Å². The largest absolute Gasteiger partial charge is 0.463 e. The first-order valence-electron chi connectivity index (χ1n) is 12.1. The van der Waals surface area contributed by atoms with Crippen LogP contribution in [0.4, 0.5) is 0 Å². The van der Waals surface area contributed by atoms with Gasteiger partial charge >= 0.3 is 23.9 Å². The highest BCUT2D eigenvalue weighted by Gasteiger charge is 2.52. The predicted octanol–water partition coefficient (Wildman–Crippen LogP) is 3.23. The molecular formula is C24H40O10. The summed E-state index contributed by atoms with van der Waals surface area (Å²) in [5, 5.41) is 0. The highest BCUT2D eigenvalue weighted by Crippen LogP contribution is 2.30. The number of hydrogen-bond acceptors (Lipinski definition) is 10. The van der Waals surface area contributed by atoms with Crippen molar-refractivity contribution in [1.82, 2.24) is 0 Å². The highest BCUT2D eigenvalue weighted by atomic mass is 16.7. The zero-order valence-electron chi connectivity index (χ0n) is 21.0. The number of esters is 4. The second-order valence-electron chi connectivity index (χ2n) is 8.41. The maximum absolute atomic E-state index is 11.8. The van der Waals surface area contributed by atoms with Gasteiger partial charge in [0.2, 0.25) is 0 Å². The number of carbonyl (C=O) groups excluding carboxylic acids is 4. The third-order valence-electron chi connectivity index (χ3n) is 5.23. The molecule has 0 radical (unpaired) electrons. The van der Waals surface area contributed by atoms with Crippen LogP contribution < -0.4 is 0 Å². The summed E-state index contributed by atoms with van der Waals surface area (Å²) < 4.78 is 32.9. The Morgan fingerprint density at radius 2 is 1.15 bits per heavy atom. The molecule has 0 saturated carbocycles. The van der Waals surface area contributed by atoms with E-state index >= 15 is 0 Å². The van der Waals surface area contributed by atoms with Crippen LogP contribution in [0.1, 0.15) is 86.0 Å². The summed E-state index contributed by atoms with van der Waals surface area (Å²) in [6.07, 6.45) is 3.27. The van der Waals surface area contributed by atoms with Gasteiger partial charge in [0.15, 0.2) is 24.6 Å². The topological polar surface area (TPSA) is 124 Å². The lowest BCUT2D eigenvalue weighted by Crippen LogP contribution is -2.63. The summed E-state index contributed by atoms with van der Waals surface area (Å²) in [6.45, 7) is 7.03. The maximum atomic E-state index is 11.8. The standard InChI is InChI=1S/C24H40O10/c1-6-7-8-9-10-11-12-13-14-29-24-23(33-19(5)28)22(32-18(4)27)21(31-17(3)26)20(34-24)15-30-16(2)25/h20-24H,6-15H2,1-5H3/t20-,21-,22+,23+,24+/m1/s1. The summed E-state index contributed by atoms with van der Waals surface area (Å²) in [5.41, 5.74) is 0. The fourth-order valence-electron chi connectivity index (χ4n) is 3.76. The monoisotopic (exact) mass is 488 g/mol. The number of ether oxygens (including phenoxy) is 6. The van der Waals surface area contributed by atoms with Gasteiger partial charge in [-0.1, -0.05) is 51.9 Å². The quantitative estimate of drug-likeness (QED) is 0.193. The summed E-state index contributed by atoms with van der Waals surface area (Å²) in [7, 11) is 0. The molecule has 34 heavy (non-hydrogen) atoms. The van der Waals surface area contributed by atoms with E-state index in [1.54, 1.807) is 0 Å². The second kappa shape index (κ2) is 16.4. The molecule has 1 fully saturated rings. The van der Waals surface area contributed by atoms with E-state index < -0.39 is 54.6 Å². The van der Waals surface area contributed by atoms with Crippen LogP contribution in [0.2, 0.25) is 0 Å². The summed E-state index contributed by atoms with van der Waals surface area (Å²) in [5.74, 6) is -2.55. The number of rotatable bonds is 15. The molecule has 0 amide bonds. The van der Waals surface area contributed by atoms with E-state index in [4.69, 9.17) is 28.4 Å². The van der Waals surface area contributed by atoms with Gasteiger partial charge < -0.3 is 28.4 Å². The lowest BCUT2D eigenvalue weighted by Gasteiger charge is -2.44. The third kappa shape index (κ3) is 11.8.